The minimum Gasteiger partial charge on any atom is -0.467 e. The lowest BCUT2D eigenvalue weighted by Crippen LogP contribution is -2.61. The molecule has 0 radical (unpaired) electrons. The summed E-state index contributed by atoms with van der Waals surface area (Å²) in [5, 5.41) is 13.2. The van der Waals surface area contributed by atoms with Crippen LogP contribution in [0, 0.1) is 23.7 Å². The Kier molecular flexibility index (Phi) is 20.0. The molecule has 0 saturated heterocycles. The Bertz CT molecular complexity index is 1420. The zero-order valence-electron chi connectivity index (χ0n) is 33.6. The third kappa shape index (κ3) is 16.6. The zero-order chi connectivity index (χ0) is 41.1. The number of carbonyl (C=O) groups is 7. The molecule has 0 bridgehead atoms. The third-order valence-electron chi connectivity index (χ3n) is 9.71. The maximum absolute atomic E-state index is 13.8. The summed E-state index contributed by atoms with van der Waals surface area (Å²) in [6.07, 6.45) is 5.08. The van der Waals surface area contributed by atoms with E-state index in [-0.39, 0.29) is 36.7 Å². The quantitative estimate of drug-likeness (QED) is 0.0808. The average Bonchev–Trinajstić information content (AvgIpc) is 3.16. The van der Waals surface area contributed by atoms with Crippen LogP contribution in [0.4, 0.5) is 9.59 Å². The number of nitrogens with one attached hydrogen (secondary N) is 7. The molecule has 1 aliphatic carbocycles. The molecule has 1 aromatic rings. The molecular weight excluding hydrogens is 710 g/mol. The molecule has 1 aromatic carbocycles. The van der Waals surface area contributed by atoms with Gasteiger partial charge in [-0.15, -0.1) is 0 Å². The van der Waals surface area contributed by atoms with Crippen LogP contribution in [-0.2, 0) is 40.1 Å². The van der Waals surface area contributed by atoms with Gasteiger partial charge < -0.3 is 36.1 Å². The van der Waals surface area contributed by atoms with Gasteiger partial charge in [0.25, 0.3) is 5.91 Å². The van der Waals surface area contributed by atoms with E-state index in [2.05, 4.69) is 37.4 Å². The number of ether oxygens (including phenoxy) is 2. The Morgan fingerprint density at radius 1 is 0.709 bits per heavy atom. The van der Waals surface area contributed by atoms with Gasteiger partial charge in [0.1, 0.15) is 36.8 Å². The molecule has 0 aliphatic heterocycles. The zero-order valence-corrected chi connectivity index (χ0v) is 33.6. The van der Waals surface area contributed by atoms with Gasteiger partial charge >= 0.3 is 18.1 Å². The number of alkyl carbamates (subject to hydrolysis) is 1. The maximum atomic E-state index is 13.8. The lowest BCUT2D eigenvalue weighted by molar-refractivity contribution is -0.146. The summed E-state index contributed by atoms with van der Waals surface area (Å²) in [6, 6.07) is 3.09. The number of hydrogen-bond acceptors (Lipinski definition) is 9. The van der Waals surface area contributed by atoms with Crippen molar-refractivity contribution in [2.75, 3.05) is 7.11 Å². The molecule has 0 aromatic heterocycles. The van der Waals surface area contributed by atoms with Crippen molar-refractivity contribution < 1.29 is 43.0 Å². The molecular formula is C39H63N7O9. The second-order valence-corrected chi connectivity index (χ2v) is 15.1. The predicted molar refractivity (Wildman–Crippen MR) is 206 cm³/mol. The molecule has 2 rings (SSSR count). The van der Waals surface area contributed by atoms with Crippen LogP contribution in [0.2, 0.25) is 0 Å². The summed E-state index contributed by atoms with van der Waals surface area (Å²) in [7, 11) is 1.22. The van der Waals surface area contributed by atoms with E-state index < -0.39 is 71.9 Å². The summed E-state index contributed by atoms with van der Waals surface area (Å²) >= 11 is 0. The molecule has 6 atom stereocenters. The van der Waals surface area contributed by atoms with Crippen LogP contribution in [0.15, 0.2) is 30.3 Å². The van der Waals surface area contributed by atoms with E-state index in [0.29, 0.717) is 12.8 Å². The topological polar surface area (TPSA) is 222 Å². The highest BCUT2D eigenvalue weighted by molar-refractivity contribution is 5.95. The van der Waals surface area contributed by atoms with Gasteiger partial charge in [0, 0.05) is 0 Å². The number of urea groups is 1. The standard InChI is InChI=1S/C39H63N7O9/c1-9-25(6)32(36(50)43-31(24(4)5)37(51)54-8)44-38(52)46-45-35(49)30(21-27-16-12-10-13-17-27)42-34(48)29(20-23(2)3)41-33(47)26(7)40-39(53)55-22-28-18-14-11-15-19-28/h11,14-15,18-19,23-27,29-32H,9-10,12-13,16-17,20-22H2,1-8H3,(H,40,53)(H,41,47)(H,42,48)(H,43,50)(H,45,49)(H2,44,46,52)/t25-,26-,29-,30-,31-,32-/m0/s1. The van der Waals surface area contributed by atoms with Crippen molar-refractivity contribution in [2.45, 2.75) is 137 Å². The molecule has 55 heavy (non-hydrogen) atoms. The first kappa shape index (κ1) is 46.3. The van der Waals surface area contributed by atoms with Crippen LogP contribution in [-0.4, -0.2) is 79.0 Å². The lowest BCUT2D eigenvalue weighted by atomic mass is 9.84. The van der Waals surface area contributed by atoms with E-state index in [1.807, 2.05) is 39.0 Å². The minimum absolute atomic E-state index is 0.0178. The van der Waals surface area contributed by atoms with Gasteiger partial charge in [-0.25, -0.2) is 19.8 Å². The number of hydrazine groups is 1. The van der Waals surface area contributed by atoms with Gasteiger partial charge in [0.05, 0.1) is 7.11 Å². The van der Waals surface area contributed by atoms with Crippen molar-refractivity contribution in [3.8, 4) is 0 Å². The van der Waals surface area contributed by atoms with E-state index in [0.717, 1.165) is 37.7 Å². The fraction of sp³-hybridized carbons (Fsp3) is 0.667. The fourth-order valence-electron chi connectivity index (χ4n) is 6.22. The Morgan fingerprint density at radius 3 is 1.93 bits per heavy atom. The molecule has 1 fully saturated rings. The number of esters is 1. The number of rotatable bonds is 19. The van der Waals surface area contributed by atoms with Gasteiger partial charge in [-0.3, -0.25) is 24.6 Å². The first-order chi connectivity index (χ1) is 26.1. The van der Waals surface area contributed by atoms with Crippen molar-refractivity contribution in [3.05, 3.63) is 35.9 Å². The maximum Gasteiger partial charge on any atom is 0.408 e. The molecule has 0 spiro atoms. The van der Waals surface area contributed by atoms with Crippen LogP contribution in [0.25, 0.3) is 0 Å². The predicted octanol–water partition coefficient (Wildman–Crippen LogP) is 3.35. The summed E-state index contributed by atoms with van der Waals surface area (Å²) in [6.45, 7) is 12.4. The van der Waals surface area contributed by atoms with E-state index >= 15 is 0 Å². The summed E-state index contributed by atoms with van der Waals surface area (Å²) in [5.41, 5.74) is 5.46. The number of amides is 7. The lowest BCUT2D eigenvalue weighted by Gasteiger charge is -2.29. The Morgan fingerprint density at radius 2 is 1.35 bits per heavy atom. The number of carbonyl (C=O) groups excluding carboxylic acids is 7. The molecule has 0 heterocycles. The number of methoxy groups -OCH3 is 1. The molecule has 16 heteroatoms. The van der Waals surface area contributed by atoms with Crippen LogP contribution >= 0.6 is 0 Å². The van der Waals surface area contributed by atoms with Crippen LogP contribution in [0.1, 0.15) is 105 Å². The van der Waals surface area contributed by atoms with Crippen LogP contribution < -0.4 is 37.4 Å². The van der Waals surface area contributed by atoms with Gasteiger partial charge in [-0.1, -0.05) is 110 Å². The normalized spacial score (nSPS) is 16.3. The number of hydrogen-bond donors (Lipinski definition) is 7. The molecule has 7 N–H and O–H groups in total. The van der Waals surface area contributed by atoms with Crippen LogP contribution in [0.3, 0.4) is 0 Å². The first-order valence-electron chi connectivity index (χ1n) is 19.4. The van der Waals surface area contributed by atoms with Gasteiger partial charge in [-0.2, -0.15) is 0 Å². The van der Waals surface area contributed by atoms with Gasteiger partial charge in [0.2, 0.25) is 17.7 Å². The summed E-state index contributed by atoms with van der Waals surface area (Å²) in [5.74, 6) is -3.60. The van der Waals surface area contributed by atoms with Crippen molar-refractivity contribution in [1.29, 1.82) is 0 Å². The minimum atomic E-state index is -1.06. The highest BCUT2D eigenvalue weighted by atomic mass is 16.5. The Hall–Kier alpha value is -4.89. The van der Waals surface area contributed by atoms with E-state index in [1.54, 1.807) is 32.9 Å². The third-order valence-corrected chi connectivity index (χ3v) is 9.71. The summed E-state index contributed by atoms with van der Waals surface area (Å²) in [4.78, 5) is 91.5. The van der Waals surface area contributed by atoms with Gasteiger partial charge in [0.15, 0.2) is 0 Å². The average molecular weight is 774 g/mol. The van der Waals surface area contributed by atoms with E-state index in [9.17, 15) is 33.6 Å². The molecule has 1 saturated carbocycles. The monoisotopic (exact) mass is 773 g/mol. The molecule has 16 nitrogen and oxygen atoms in total. The molecule has 1 aliphatic rings. The Labute approximate surface area is 325 Å². The first-order valence-corrected chi connectivity index (χ1v) is 19.4. The highest BCUT2D eigenvalue weighted by Crippen LogP contribution is 2.27. The largest absolute Gasteiger partial charge is 0.467 e. The van der Waals surface area contributed by atoms with Crippen molar-refractivity contribution in [2.24, 2.45) is 23.7 Å². The molecule has 7 amide bonds. The Balaban J connectivity index is 2.11. The summed E-state index contributed by atoms with van der Waals surface area (Å²) < 4.78 is 10.0. The van der Waals surface area contributed by atoms with E-state index in [4.69, 9.17) is 9.47 Å². The second kappa shape index (κ2) is 23.8. The second-order valence-electron chi connectivity index (χ2n) is 15.1. The van der Waals surface area contributed by atoms with E-state index in [1.165, 1.54) is 14.0 Å². The molecule has 308 valence electrons. The SMILES string of the molecule is CC[C@H](C)[C@H](NC(=O)NNC(=O)[C@H](CC1CCCCC1)NC(=O)[C@H](CC(C)C)NC(=O)[C@H](C)NC(=O)OCc1ccccc1)C(=O)N[C@H](C(=O)OC)C(C)C. The molecule has 0 unspecified atom stereocenters. The van der Waals surface area contributed by atoms with Crippen molar-refractivity contribution in [1.82, 2.24) is 37.4 Å². The van der Waals surface area contributed by atoms with Gasteiger partial charge in [-0.05, 0) is 49.0 Å². The smallest absolute Gasteiger partial charge is 0.408 e. The van der Waals surface area contributed by atoms with Crippen molar-refractivity contribution in [3.63, 3.8) is 0 Å². The van der Waals surface area contributed by atoms with Crippen molar-refractivity contribution >= 4 is 41.7 Å². The van der Waals surface area contributed by atoms with Crippen LogP contribution in [0.5, 0.6) is 0 Å². The fourth-order valence-corrected chi connectivity index (χ4v) is 6.22. The highest BCUT2D eigenvalue weighted by Gasteiger charge is 2.34. The number of benzene rings is 1.